The molecule has 0 saturated carbocycles. The van der Waals surface area contributed by atoms with E-state index in [1.807, 2.05) is 24.3 Å². The molecular weight excluding hydrogens is 514 g/mol. The van der Waals surface area contributed by atoms with Crippen molar-refractivity contribution in [2.24, 2.45) is 0 Å². The molecule has 0 radical (unpaired) electrons. The van der Waals surface area contributed by atoms with E-state index >= 15 is 0 Å². The number of amides is 3. The lowest BCUT2D eigenvalue weighted by Crippen LogP contribution is -2.41. The first-order chi connectivity index (χ1) is 15.4. The molecule has 1 aliphatic heterocycles. The van der Waals surface area contributed by atoms with E-state index in [1.54, 1.807) is 37.5 Å². The smallest absolute Gasteiger partial charge is 0.269 e. The summed E-state index contributed by atoms with van der Waals surface area (Å²) < 4.78 is 6.51. The lowest BCUT2D eigenvalue weighted by Gasteiger charge is -2.14. The molecule has 2 aromatic rings. The average Bonchev–Trinajstić information content (AvgIpc) is 3.05. The second-order valence-corrected chi connectivity index (χ2v) is 9.31. The molecule has 0 atom stereocenters. The molecule has 0 aromatic heterocycles. The van der Waals surface area contributed by atoms with Gasteiger partial charge in [-0.05, 0) is 54.5 Å². The van der Waals surface area contributed by atoms with Gasteiger partial charge in [0.05, 0.1) is 12.0 Å². The Bertz CT molecular complexity index is 1070. The third-order valence-electron chi connectivity index (χ3n) is 4.47. The lowest BCUT2D eigenvalue weighted by molar-refractivity contribution is -0.124. The van der Waals surface area contributed by atoms with E-state index < -0.39 is 5.91 Å². The van der Waals surface area contributed by atoms with Gasteiger partial charge in [-0.15, -0.1) is 0 Å². The number of thiocarbonyl (C=S) groups is 1. The highest BCUT2D eigenvalue weighted by Crippen LogP contribution is 2.33. The van der Waals surface area contributed by atoms with Gasteiger partial charge in [0.15, 0.2) is 0 Å². The number of halogens is 1. The molecule has 1 saturated heterocycles. The van der Waals surface area contributed by atoms with Gasteiger partial charge < -0.3 is 4.74 Å². The summed E-state index contributed by atoms with van der Waals surface area (Å²) in [5.74, 6) is -0.252. The van der Waals surface area contributed by atoms with Crippen molar-refractivity contribution in [1.29, 1.82) is 0 Å². The first kappa shape index (κ1) is 24.0. The second kappa shape index (κ2) is 11.3. The molecule has 0 bridgehead atoms. The Morgan fingerprint density at radius 2 is 1.94 bits per heavy atom. The zero-order valence-electron chi connectivity index (χ0n) is 17.1. The second-order valence-electron chi connectivity index (χ2n) is 6.72. The van der Waals surface area contributed by atoms with Gasteiger partial charge >= 0.3 is 0 Å². The molecule has 3 amide bonds. The minimum Gasteiger partial charge on any atom is -0.497 e. The molecule has 0 unspecified atom stereocenters. The molecule has 1 fully saturated rings. The van der Waals surface area contributed by atoms with Crippen LogP contribution >= 0.6 is 39.9 Å². The summed E-state index contributed by atoms with van der Waals surface area (Å²) in [6.07, 6.45) is 2.30. The van der Waals surface area contributed by atoms with Crippen molar-refractivity contribution in [3.63, 3.8) is 0 Å². The number of ether oxygens (including phenoxy) is 1. The SMILES string of the molecule is COc1cccc(/C=C2/SC(=S)N(CCCC(=O)NNC(=O)c3ccc(Br)cc3)C2=O)c1. The summed E-state index contributed by atoms with van der Waals surface area (Å²) >= 11 is 9.86. The first-order valence-corrected chi connectivity index (χ1v) is 11.6. The Labute approximate surface area is 203 Å². The summed E-state index contributed by atoms with van der Waals surface area (Å²) in [6.45, 7) is 0.314. The fourth-order valence-corrected chi connectivity index (χ4v) is 4.41. The Morgan fingerprint density at radius 3 is 2.66 bits per heavy atom. The predicted octanol–water partition coefficient (Wildman–Crippen LogP) is 3.90. The molecule has 0 spiro atoms. The van der Waals surface area contributed by atoms with E-state index in [4.69, 9.17) is 17.0 Å². The summed E-state index contributed by atoms with van der Waals surface area (Å²) in [5, 5.41) is 0. The third kappa shape index (κ3) is 6.41. The fraction of sp³-hybridized carbons (Fsp3) is 0.182. The van der Waals surface area contributed by atoms with Gasteiger partial charge in [0, 0.05) is 23.0 Å². The van der Waals surface area contributed by atoms with Crippen LogP contribution in [0.25, 0.3) is 6.08 Å². The van der Waals surface area contributed by atoms with E-state index in [2.05, 4.69) is 26.8 Å². The van der Waals surface area contributed by atoms with Crippen molar-refractivity contribution >= 4 is 68.0 Å². The molecule has 7 nitrogen and oxygen atoms in total. The lowest BCUT2D eigenvalue weighted by atomic mass is 10.2. The highest BCUT2D eigenvalue weighted by Gasteiger charge is 2.31. The predicted molar refractivity (Wildman–Crippen MR) is 132 cm³/mol. The topological polar surface area (TPSA) is 87.7 Å². The van der Waals surface area contributed by atoms with Crippen molar-refractivity contribution in [3.8, 4) is 5.75 Å². The summed E-state index contributed by atoms with van der Waals surface area (Å²) in [5.41, 5.74) is 6.02. The molecule has 32 heavy (non-hydrogen) atoms. The van der Waals surface area contributed by atoms with Crippen LogP contribution in [0.15, 0.2) is 57.9 Å². The minimum atomic E-state index is -0.412. The largest absolute Gasteiger partial charge is 0.497 e. The van der Waals surface area contributed by atoms with Crippen LogP contribution in [-0.2, 0) is 9.59 Å². The van der Waals surface area contributed by atoms with Crippen LogP contribution in [0.2, 0.25) is 0 Å². The van der Waals surface area contributed by atoms with Gasteiger partial charge in [0.2, 0.25) is 5.91 Å². The van der Waals surface area contributed by atoms with E-state index in [0.29, 0.717) is 33.5 Å². The Morgan fingerprint density at radius 1 is 1.19 bits per heavy atom. The van der Waals surface area contributed by atoms with E-state index in [0.717, 1.165) is 10.0 Å². The van der Waals surface area contributed by atoms with Crippen molar-refractivity contribution in [3.05, 3.63) is 69.0 Å². The van der Waals surface area contributed by atoms with Crippen molar-refractivity contribution in [2.75, 3.05) is 13.7 Å². The van der Waals surface area contributed by atoms with Crippen LogP contribution in [0.4, 0.5) is 0 Å². The summed E-state index contributed by atoms with van der Waals surface area (Å²) in [7, 11) is 1.58. The number of carbonyl (C=O) groups is 3. The van der Waals surface area contributed by atoms with Crippen LogP contribution < -0.4 is 15.6 Å². The molecule has 166 valence electrons. The maximum absolute atomic E-state index is 12.7. The third-order valence-corrected chi connectivity index (χ3v) is 6.38. The molecule has 0 aliphatic carbocycles. The number of hydrazine groups is 1. The number of benzene rings is 2. The van der Waals surface area contributed by atoms with Gasteiger partial charge in [0.1, 0.15) is 10.1 Å². The number of methoxy groups -OCH3 is 1. The first-order valence-electron chi connectivity index (χ1n) is 9.61. The molecule has 2 aromatic carbocycles. The molecule has 3 rings (SSSR count). The Kier molecular flexibility index (Phi) is 8.43. The number of hydrogen-bond donors (Lipinski definition) is 2. The number of rotatable bonds is 7. The normalized spacial score (nSPS) is 14.6. The highest BCUT2D eigenvalue weighted by molar-refractivity contribution is 9.10. The summed E-state index contributed by atoms with van der Waals surface area (Å²) in [4.78, 5) is 38.8. The van der Waals surface area contributed by atoms with Crippen LogP contribution in [0.3, 0.4) is 0 Å². The average molecular weight is 534 g/mol. The maximum Gasteiger partial charge on any atom is 0.269 e. The number of nitrogens with zero attached hydrogens (tertiary/aromatic N) is 1. The van der Waals surface area contributed by atoms with Gasteiger partial charge in [-0.2, -0.15) is 0 Å². The zero-order valence-corrected chi connectivity index (χ0v) is 20.3. The monoisotopic (exact) mass is 533 g/mol. The maximum atomic E-state index is 12.7. The fourth-order valence-electron chi connectivity index (χ4n) is 2.84. The highest BCUT2D eigenvalue weighted by atomic mass is 79.9. The molecule has 10 heteroatoms. The molecule has 2 N–H and O–H groups in total. The Balaban J connectivity index is 1.47. The standard InChI is InChI=1S/C22H20BrN3O4S2/c1-30-17-5-2-4-14(12-17)13-18-21(29)26(22(31)32-18)11-3-6-19(27)24-25-20(28)15-7-9-16(23)10-8-15/h2,4-5,7-10,12-13H,3,6,11H2,1H3,(H,24,27)(H,25,28)/b18-13+. The quantitative estimate of drug-likeness (QED) is 0.319. The van der Waals surface area contributed by atoms with E-state index in [1.165, 1.54) is 16.7 Å². The van der Waals surface area contributed by atoms with E-state index in [-0.39, 0.29) is 18.2 Å². The Hall–Kier alpha value is -2.69. The molecule has 1 aliphatic rings. The van der Waals surface area contributed by atoms with Gasteiger partial charge in [-0.3, -0.25) is 30.1 Å². The van der Waals surface area contributed by atoms with Crippen molar-refractivity contribution in [2.45, 2.75) is 12.8 Å². The molecular formula is C22H20BrN3O4S2. The van der Waals surface area contributed by atoms with Crippen molar-refractivity contribution in [1.82, 2.24) is 15.8 Å². The van der Waals surface area contributed by atoms with Crippen LogP contribution in [-0.4, -0.2) is 40.6 Å². The van der Waals surface area contributed by atoms with Gasteiger partial charge in [-0.1, -0.05) is 52.0 Å². The summed E-state index contributed by atoms with van der Waals surface area (Å²) in [6, 6.07) is 14.1. The zero-order chi connectivity index (χ0) is 23.1. The number of carbonyl (C=O) groups excluding carboxylic acids is 3. The number of thioether (sulfide) groups is 1. The number of hydrogen-bond acceptors (Lipinski definition) is 6. The van der Waals surface area contributed by atoms with Crippen LogP contribution in [0.5, 0.6) is 5.75 Å². The van der Waals surface area contributed by atoms with Crippen molar-refractivity contribution < 1.29 is 19.1 Å². The van der Waals surface area contributed by atoms with Crippen LogP contribution in [0, 0.1) is 0 Å². The molecule has 1 heterocycles. The van der Waals surface area contributed by atoms with Gasteiger partial charge in [-0.25, -0.2) is 0 Å². The van der Waals surface area contributed by atoms with Crippen LogP contribution in [0.1, 0.15) is 28.8 Å². The van der Waals surface area contributed by atoms with Gasteiger partial charge in [0.25, 0.3) is 11.8 Å². The minimum absolute atomic E-state index is 0.132. The van der Waals surface area contributed by atoms with E-state index in [9.17, 15) is 14.4 Å². The number of nitrogens with one attached hydrogen (secondary N) is 2.